The fourth-order valence-electron chi connectivity index (χ4n) is 1.85. The number of nitrogens with zero attached hydrogens (tertiary/aromatic N) is 3. The molecule has 0 aliphatic heterocycles. The Morgan fingerprint density at radius 2 is 2.15 bits per heavy atom. The van der Waals surface area contributed by atoms with Gasteiger partial charge in [-0.05, 0) is 25.1 Å². The van der Waals surface area contributed by atoms with E-state index in [4.69, 9.17) is 15.0 Å². The molecular formula is C14H20N4O2. The SMILES string of the molecule is COCC(C)(N)c1noc(-c2cccc(N(C)C)c2)n1. The van der Waals surface area contributed by atoms with Crippen LogP contribution in [0.2, 0.25) is 0 Å². The number of hydrogen-bond acceptors (Lipinski definition) is 6. The van der Waals surface area contributed by atoms with Crippen molar-refractivity contribution >= 4 is 5.69 Å². The van der Waals surface area contributed by atoms with Crippen molar-refractivity contribution in [2.24, 2.45) is 5.73 Å². The molecule has 0 fully saturated rings. The molecule has 1 unspecified atom stereocenters. The Morgan fingerprint density at radius 1 is 1.40 bits per heavy atom. The van der Waals surface area contributed by atoms with Crippen LogP contribution in [0.4, 0.5) is 5.69 Å². The van der Waals surface area contributed by atoms with Gasteiger partial charge in [0.05, 0.1) is 6.61 Å². The van der Waals surface area contributed by atoms with Crippen LogP contribution in [0.3, 0.4) is 0 Å². The van der Waals surface area contributed by atoms with E-state index in [2.05, 4.69) is 10.1 Å². The van der Waals surface area contributed by atoms with Gasteiger partial charge in [0.25, 0.3) is 5.89 Å². The molecule has 1 heterocycles. The summed E-state index contributed by atoms with van der Waals surface area (Å²) >= 11 is 0. The van der Waals surface area contributed by atoms with Gasteiger partial charge in [0.1, 0.15) is 5.54 Å². The molecule has 0 aliphatic rings. The minimum atomic E-state index is -0.768. The summed E-state index contributed by atoms with van der Waals surface area (Å²) in [5, 5.41) is 3.95. The van der Waals surface area contributed by atoms with Gasteiger partial charge < -0.3 is 19.9 Å². The van der Waals surface area contributed by atoms with Crippen molar-refractivity contribution < 1.29 is 9.26 Å². The number of methoxy groups -OCH3 is 1. The second-order valence-corrected chi connectivity index (χ2v) is 5.22. The minimum Gasteiger partial charge on any atom is -0.382 e. The highest BCUT2D eigenvalue weighted by Gasteiger charge is 2.27. The molecule has 0 amide bonds. The zero-order chi connectivity index (χ0) is 14.8. The molecule has 108 valence electrons. The van der Waals surface area contributed by atoms with Crippen molar-refractivity contribution in [3.8, 4) is 11.5 Å². The van der Waals surface area contributed by atoms with E-state index in [-0.39, 0.29) is 0 Å². The van der Waals surface area contributed by atoms with Gasteiger partial charge in [-0.1, -0.05) is 11.2 Å². The zero-order valence-corrected chi connectivity index (χ0v) is 12.3. The Morgan fingerprint density at radius 3 is 2.80 bits per heavy atom. The maximum absolute atomic E-state index is 6.10. The monoisotopic (exact) mass is 276 g/mol. The molecule has 0 saturated heterocycles. The van der Waals surface area contributed by atoms with E-state index in [9.17, 15) is 0 Å². The van der Waals surface area contributed by atoms with Gasteiger partial charge in [-0.15, -0.1) is 0 Å². The van der Waals surface area contributed by atoms with Crippen LogP contribution in [0.25, 0.3) is 11.5 Å². The van der Waals surface area contributed by atoms with E-state index in [1.165, 1.54) is 0 Å². The molecule has 2 rings (SSSR count). The van der Waals surface area contributed by atoms with Gasteiger partial charge in [-0.25, -0.2) is 0 Å². The van der Waals surface area contributed by atoms with Crippen molar-refractivity contribution in [3.05, 3.63) is 30.1 Å². The quantitative estimate of drug-likeness (QED) is 0.894. The standard InChI is InChI=1S/C14H20N4O2/c1-14(15,9-19-4)13-16-12(20-17-13)10-6-5-7-11(8-10)18(2)3/h5-8H,9,15H2,1-4H3. The largest absolute Gasteiger partial charge is 0.382 e. The Hall–Kier alpha value is -1.92. The lowest BCUT2D eigenvalue weighted by molar-refractivity contribution is 0.135. The molecule has 0 spiro atoms. The molecule has 20 heavy (non-hydrogen) atoms. The van der Waals surface area contributed by atoms with Crippen molar-refractivity contribution in [2.45, 2.75) is 12.5 Å². The maximum atomic E-state index is 6.10. The topological polar surface area (TPSA) is 77.4 Å². The summed E-state index contributed by atoms with van der Waals surface area (Å²) in [4.78, 5) is 6.38. The molecule has 0 bridgehead atoms. The van der Waals surface area contributed by atoms with Crippen LogP contribution in [0.15, 0.2) is 28.8 Å². The summed E-state index contributed by atoms with van der Waals surface area (Å²) in [6, 6.07) is 7.88. The number of nitrogens with two attached hydrogens (primary N) is 1. The number of benzene rings is 1. The molecule has 2 aromatic rings. The summed E-state index contributed by atoms with van der Waals surface area (Å²) < 4.78 is 10.4. The Balaban J connectivity index is 2.31. The average molecular weight is 276 g/mol. The van der Waals surface area contributed by atoms with E-state index in [1.807, 2.05) is 43.3 Å². The van der Waals surface area contributed by atoms with Crippen molar-refractivity contribution in [1.82, 2.24) is 10.1 Å². The number of anilines is 1. The number of aromatic nitrogens is 2. The number of rotatable bonds is 5. The van der Waals surface area contributed by atoms with Crippen LogP contribution >= 0.6 is 0 Å². The zero-order valence-electron chi connectivity index (χ0n) is 12.3. The van der Waals surface area contributed by atoms with Crippen LogP contribution in [0.1, 0.15) is 12.7 Å². The molecule has 6 nitrogen and oxygen atoms in total. The van der Waals surface area contributed by atoms with Crippen LogP contribution in [0, 0.1) is 0 Å². The average Bonchev–Trinajstić information content (AvgIpc) is 2.89. The minimum absolute atomic E-state index is 0.323. The first-order valence-corrected chi connectivity index (χ1v) is 6.34. The lowest BCUT2D eigenvalue weighted by Gasteiger charge is -2.18. The second-order valence-electron chi connectivity index (χ2n) is 5.22. The summed E-state index contributed by atoms with van der Waals surface area (Å²) in [6.07, 6.45) is 0. The molecular weight excluding hydrogens is 256 g/mol. The Kier molecular flexibility index (Phi) is 4.06. The molecule has 2 N–H and O–H groups in total. The first-order chi connectivity index (χ1) is 9.44. The van der Waals surface area contributed by atoms with Crippen molar-refractivity contribution in [3.63, 3.8) is 0 Å². The molecule has 0 radical (unpaired) electrons. The number of ether oxygens (including phenoxy) is 1. The van der Waals surface area contributed by atoms with E-state index in [0.29, 0.717) is 18.3 Å². The summed E-state index contributed by atoms with van der Waals surface area (Å²) in [5.74, 6) is 0.890. The van der Waals surface area contributed by atoms with Gasteiger partial charge in [-0.2, -0.15) is 4.98 Å². The van der Waals surface area contributed by atoms with E-state index < -0.39 is 5.54 Å². The lowest BCUT2D eigenvalue weighted by atomic mass is 10.1. The molecule has 1 atom stereocenters. The van der Waals surface area contributed by atoms with Crippen molar-refractivity contribution in [1.29, 1.82) is 0 Å². The molecule has 6 heteroatoms. The van der Waals surface area contributed by atoms with Gasteiger partial charge in [0.15, 0.2) is 5.82 Å². The van der Waals surface area contributed by atoms with Gasteiger partial charge in [0, 0.05) is 32.5 Å². The van der Waals surface area contributed by atoms with Gasteiger partial charge in [-0.3, -0.25) is 0 Å². The van der Waals surface area contributed by atoms with Crippen LogP contribution in [0.5, 0.6) is 0 Å². The van der Waals surface area contributed by atoms with Crippen LogP contribution in [-0.2, 0) is 10.3 Å². The first-order valence-electron chi connectivity index (χ1n) is 6.34. The summed E-state index contributed by atoms with van der Waals surface area (Å²) in [7, 11) is 5.55. The fraction of sp³-hybridized carbons (Fsp3) is 0.429. The van der Waals surface area contributed by atoms with Gasteiger partial charge >= 0.3 is 0 Å². The molecule has 1 aromatic heterocycles. The normalized spacial score (nSPS) is 14.1. The fourth-order valence-corrected chi connectivity index (χ4v) is 1.85. The smallest absolute Gasteiger partial charge is 0.258 e. The van der Waals surface area contributed by atoms with Gasteiger partial charge in [0.2, 0.25) is 0 Å². The highest BCUT2D eigenvalue weighted by molar-refractivity contribution is 5.61. The first kappa shape index (κ1) is 14.5. The summed E-state index contributed by atoms with van der Waals surface area (Å²) in [6.45, 7) is 2.13. The summed E-state index contributed by atoms with van der Waals surface area (Å²) in [5.41, 5.74) is 7.26. The van der Waals surface area contributed by atoms with E-state index in [0.717, 1.165) is 11.3 Å². The maximum Gasteiger partial charge on any atom is 0.258 e. The third kappa shape index (κ3) is 2.97. The molecule has 0 saturated carbocycles. The lowest BCUT2D eigenvalue weighted by Crippen LogP contribution is -2.38. The predicted octanol–water partition coefficient (Wildman–Crippen LogP) is 1.62. The third-order valence-corrected chi connectivity index (χ3v) is 2.99. The number of hydrogen-bond donors (Lipinski definition) is 1. The van der Waals surface area contributed by atoms with E-state index in [1.54, 1.807) is 14.0 Å². The Labute approximate surface area is 118 Å². The van der Waals surface area contributed by atoms with E-state index >= 15 is 0 Å². The predicted molar refractivity (Wildman–Crippen MR) is 77.5 cm³/mol. The Bertz CT molecular complexity index is 578. The third-order valence-electron chi connectivity index (χ3n) is 2.99. The van der Waals surface area contributed by atoms with Crippen LogP contribution < -0.4 is 10.6 Å². The highest BCUT2D eigenvalue weighted by Crippen LogP contribution is 2.24. The molecule has 0 aliphatic carbocycles. The van der Waals surface area contributed by atoms with Crippen molar-refractivity contribution in [2.75, 3.05) is 32.7 Å². The highest BCUT2D eigenvalue weighted by atomic mass is 16.5. The second kappa shape index (κ2) is 5.60. The van der Waals surface area contributed by atoms with Crippen LogP contribution in [-0.4, -0.2) is 38.0 Å². The molecule has 1 aromatic carbocycles.